The van der Waals surface area contributed by atoms with Gasteiger partial charge in [-0.05, 0) is 111 Å². The lowest BCUT2D eigenvalue weighted by Crippen LogP contribution is -2.66. The van der Waals surface area contributed by atoms with Crippen molar-refractivity contribution in [3.63, 3.8) is 0 Å². The average molecular weight is 943 g/mol. The molecule has 5 aliphatic carbocycles. The van der Waals surface area contributed by atoms with E-state index in [-0.39, 0.29) is 48.5 Å². The number of hydrogen-bond acceptors (Lipinski definition) is 18. The summed E-state index contributed by atoms with van der Waals surface area (Å²) < 4.78 is 35.8. The summed E-state index contributed by atoms with van der Waals surface area (Å²) in [5.41, 5.74) is -2.66. The molecule has 3 aliphatic heterocycles. The van der Waals surface area contributed by atoms with E-state index in [0.717, 1.165) is 24.8 Å². The van der Waals surface area contributed by atoms with Gasteiger partial charge in [0.1, 0.15) is 67.1 Å². The lowest BCUT2D eigenvalue weighted by Gasteiger charge is -2.71. The highest BCUT2D eigenvalue weighted by molar-refractivity contribution is 5.81. The summed E-state index contributed by atoms with van der Waals surface area (Å²) in [5, 5.41) is 115. The summed E-state index contributed by atoms with van der Waals surface area (Å²) in [6.07, 6.45) is -14.4. The molecule has 376 valence electrons. The Morgan fingerprint density at radius 3 is 1.91 bits per heavy atom. The van der Waals surface area contributed by atoms with Gasteiger partial charge in [0.05, 0.1) is 36.8 Å². The van der Waals surface area contributed by atoms with E-state index >= 15 is 0 Å². The standard InChI is InChI=1S/C47H74O19/c1-42(2)26-9-12-46(6)27(44(26,4)11-10-28(42)64-39-36(29(51)23(50)20-61-39)65-37-34(56)32(54)30(52)24(18-48)62-37)8-7-21-22-17-43(3,40(58)59)13-15-47(22,16-14-45(21,46)5)41(60)66-38-35(57)33(55)31(53)25(19-49)63-38/h7,22-39,48-57H,8-20H2,1-6H3,(H,58,59)/t22?,23?,24?,25?,26?,27?,28-,29?,30?,31?,32?,33?,34?,35?,36?,37?,38?,39?,43?,44-,45+,46+,47-/m0/s1. The molecule has 23 atom stereocenters. The number of carboxylic acids is 1. The third-order valence-corrected chi connectivity index (χ3v) is 19.2. The molecule has 3 heterocycles. The minimum absolute atomic E-state index is 0.130. The topological polar surface area (TPSA) is 312 Å². The lowest BCUT2D eigenvalue weighted by molar-refractivity contribution is -0.367. The van der Waals surface area contributed by atoms with E-state index in [1.807, 2.05) is 0 Å². The van der Waals surface area contributed by atoms with Crippen molar-refractivity contribution in [3.8, 4) is 0 Å². The number of esters is 1. The molecule has 0 radical (unpaired) electrons. The van der Waals surface area contributed by atoms with E-state index in [9.17, 15) is 65.8 Å². The van der Waals surface area contributed by atoms with Crippen molar-refractivity contribution in [2.24, 2.45) is 50.2 Å². The Bertz CT molecular complexity index is 1840. The van der Waals surface area contributed by atoms with E-state index in [2.05, 4.69) is 40.7 Å². The highest BCUT2D eigenvalue weighted by Crippen LogP contribution is 2.76. The Kier molecular flexibility index (Phi) is 13.6. The lowest BCUT2D eigenvalue weighted by atomic mass is 9.33. The van der Waals surface area contributed by atoms with Gasteiger partial charge < -0.3 is 84.6 Å². The van der Waals surface area contributed by atoms with Gasteiger partial charge in [-0.1, -0.05) is 46.3 Å². The highest BCUT2D eigenvalue weighted by Gasteiger charge is 2.70. The number of carbonyl (C=O) groups excluding carboxylic acids is 1. The van der Waals surface area contributed by atoms with E-state index in [1.165, 1.54) is 0 Å². The minimum Gasteiger partial charge on any atom is -0.481 e. The van der Waals surface area contributed by atoms with Gasteiger partial charge in [0.15, 0.2) is 12.6 Å². The molecule has 0 amide bonds. The van der Waals surface area contributed by atoms with Gasteiger partial charge in [-0.2, -0.15) is 0 Å². The van der Waals surface area contributed by atoms with Crippen molar-refractivity contribution in [2.75, 3.05) is 19.8 Å². The van der Waals surface area contributed by atoms with Crippen molar-refractivity contribution in [1.29, 1.82) is 0 Å². The number of carbonyl (C=O) groups is 2. The van der Waals surface area contributed by atoms with Gasteiger partial charge in [-0.25, -0.2) is 0 Å². The number of rotatable bonds is 9. The number of ether oxygens (including phenoxy) is 6. The zero-order valence-electron chi connectivity index (χ0n) is 38.8. The third-order valence-electron chi connectivity index (χ3n) is 19.2. The second-order valence-corrected chi connectivity index (χ2v) is 22.7. The predicted molar refractivity (Wildman–Crippen MR) is 226 cm³/mol. The number of aliphatic hydroxyl groups excluding tert-OH is 10. The summed E-state index contributed by atoms with van der Waals surface area (Å²) in [6.45, 7) is 11.4. The van der Waals surface area contributed by atoms with Crippen molar-refractivity contribution in [1.82, 2.24) is 0 Å². The van der Waals surface area contributed by atoms with Gasteiger partial charge in [0.25, 0.3) is 0 Å². The van der Waals surface area contributed by atoms with E-state index in [1.54, 1.807) is 6.92 Å². The number of aliphatic hydroxyl groups is 10. The third kappa shape index (κ3) is 7.64. The van der Waals surface area contributed by atoms with Crippen LogP contribution in [0.25, 0.3) is 0 Å². The van der Waals surface area contributed by atoms with Crippen LogP contribution in [0.1, 0.15) is 106 Å². The van der Waals surface area contributed by atoms with Crippen molar-refractivity contribution < 1.29 is 94.2 Å². The van der Waals surface area contributed by atoms with Gasteiger partial charge in [-0.15, -0.1) is 0 Å². The minimum atomic E-state index is -1.78. The Labute approximate surface area is 385 Å². The largest absolute Gasteiger partial charge is 0.481 e. The Balaban J connectivity index is 1.05. The fourth-order valence-electron chi connectivity index (χ4n) is 14.8. The van der Waals surface area contributed by atoms with Crippen LogP contribution in [0.15, 0.2) is 11.6 Å². The van der Waals surface area contributed by atoms with Gasteiger partial charge in [0.2, 0.25) is 6.29 Å². The number of aliphatic carboxylic acids is 1. The maximum absolute atomic E-state index is 14.7. The van der Waals surface area contributed by atoms with E-state index in [0.29, 0.717) is 25.7 Å². The molecule has 19 heteroatoms. The number of allylic oxidation sites excluding steroid dienone is 2. The Hall–Kier alpha value is -1.92. The van der Waals surface area contributed by atoms with Crippen LogP contribution in [0.2, 0.25) is 0 Å². The Morgan fingerprint density at radius 1 is 0.682 bits per heavy atom. The molecule has 8 rings (SSSR count). The van der Waals surface area contributed by atoms with Gasteiger partial charge in [0, 0.05) is 0 Å². The Morgan fingerprint density at radius 2 is 1.29 bits per heavy atom. The molecule has 66 heavy (non-hydrogen) atoms. The second kappa shape index (κ2) is 17.7. The van der Waals surface area contributed by atoms with Crippen molar-refractivity contribution in [3.05, 3.63) is 11.6 Å². The molecule has 8 aliphatic rings. The predicted octanol–water partition coefficient (Wildman–Crippen LogP) is -0.156. The number of carboxylic acid groups (broad SMARTS) is 1. The molecular weight excluding hydrogens is 868 g/mol. The summed E-state index contributed by atoms with van der Waals surface area (Å²) in [5.74, 6) is -1.83. The molecule has 0 aromatic rings. The summed E-state index contributed by atoms with van der Waals surface area (Å²) >= 11 is 0. The van der Waals surface area contributed by atoms with Crippen LogP contribution in [-0.4, -0.2) is 180 Å². The molecule has 11 N–H and O–H groups in total. The van der Waals surface area contributed by atoms with Crippen LogP contribution in [0.3, 0.4) is 0 Å². The molecule has 0 aromatic heterocycles. The molecular formula is C47H74O19. The van der Waals surface area contributed by atoms with Crippen LogP contribution < -0.4 is 0 Å². The maximum atomic E-state index is 14.7. The fraction of sp³-hybridized carbons (Fsp3) is 0.915. The molecule has 18 unspecified atom stereocenters. The SMILES string of the molecule is CC1(C(=O)O)CC[C@]2(C(=O)OC3OC(CO)C(O)C(O)C3O)CC[C@]3(C)C(=CCC4[C@@]5(C)CC[C@H](OC6OCC(O)C(O)C6OC6OC(CO)C(O)C(O)C6O)C(C)(C)C5CC[C@]43C)C2C1. The molecule has 4 saturated carbocycles. The van der Waals surface area contributed by atoms with Crippen molar-refractivity contribution in [2.45, 2.75) is 198 Å². The molecule has 19 nitrogen and oxygen atoms in total. The second-order valence-electron chi connectivity index (χ2n) is 22.7. The number of fused-ring (bicyclic) bond motifs is 7. The smallest absolute Gasteiger partial charge is 0.315 e. The average Bonchev–Trinajstić information content (AvgIpc) is 3.27. The van der Waals surface area contributed by atoms with Crippen LogP contribution in [0, 0.1) is 50.2 Å². The molecule has 0 bridgehead atoms. The normalized spacial score (nSPS) is 53.5. The van der Waals surface area contributed by atoms with Crippen molar-refractivity contribution >= 4 is 11.9 Å². The fourth-order valence-corrected chi connectivity index (χ4v) is 14.8. The first-order chi connectivity index (χ1) is 30.8. The number of hydrogen-bond donors (Lipinski definition) is 11. The monoisotopic (exact) mass is 942 g/mol. The molecule has 7 fully saturated rings. The van der Waals surface area contributed by atoms with Crippen LogP contribution in [-0.2, 0) is 38.0 Å². The van der Waals surface area contributed by atoms with Gasteiger partial charge in [-0.3, -0.25) is 9.59 Å². The quantitative estimate of drug-likeness (QED) is 0.0813. The zero-order chi connectivity index (χ0) is 48.3. The maximum Gasteiger partial charge on any atom is 0.315 e. The first kappa shape index (κ1) is 50.5. The summed E-state index contributed by atoms with van der Waals surface area (Å²) in [4.78, 5) is 27.6. The summed E-state index contributed by atoms with van der Waals surface area (Å²) in [7, 11) is 0. The first-order valence-electron chi connectivity index (χ1n) is 23.9. The highest BCUT2D eigenvalue weighted by atomic mass is 16.8. The van der Waals surface area contributed by atoms with Gasteiger partial charge >= 0.3 is 11.9 Å². The van der Waals surface area contributed by atoms with Crippen LogP contribution in [0.5, 0.6) is 0 Å². The molecule has 0 spiro atoms. The molecule has 0 aromatic carbocycles. The van der Waals surface area contributed by atoms with E-state index < -0.39 is 145 Å². The molecule has 3 saturated heterocycles. The summed E-state index contributed by atoms with van der Waals surface area (Å²) in [6, 6.07) is 0. The van der Waals surface area contributed by atoms with Crippen LogP contribution >= 0.6 is 0 Å². The zero-order valence-corrected chi connectivity index (χ0v) is 38.8. The van der Waals surface area contributed by atoms with E-state index in [4.69, 9.17) is 28.4 Å². The first-order valence-corrected chi connectivity index (χ1v) is 23.9. The van der Waals surface area contributed by atoms with Crippen LogP contribution in [0.4, 0.5) is 0 Å².